The molecule has 168 valence electrons. The third-order valence-electron chi connectivity index (χ3n) is 6.79. The molecule has 5 rings (SSSR count). The molecule has 3 aromatic rings. The van der Waals surface area contributed by atoms with Crippen molar-refractivity contribution in [1.82, 2.24) is 15.0 Å². The molecule has 1 aliphatic carbocycles. The van der Waals surface area contributed by atoms with Gasteiger partial charge in [-0.25, -0.2) is 15.0 Å². The maximum Gasteiger partial charge on any atom is 0.280 e. The first kappa shape index (κ1) is 21.1. The van der Waals surface area contributed by atoms with Gasteiger partial charge in [0.05, 0.1) is 11.0 Å². The molecule has 4 N–H and O–H groups in total. The van der Waals surface area contributed by atoms with Gasteiger partial charge in [-0.15, -0.1) is 0 Å². The van der Waals surface area contributed by atoms with E-state index in [4.69, 9.17) is 11.5 Å². The highest BCUT2D eigenvalue weighted by atomic mass is 16.1. The minimum absolute atomic E-state index is 0.248. The molecular formula is C25H27N7O. The molecule has 0 unspecified atom stereocenters. The van der Waals surface area contributed by atoms with Crippen LogP contribution >= 0.6 is 0 Å². The van der Waals surface area contributed by atoms with Crippen molar-refractivity contribution in [3.05, 3.63) is 66.1 Å². The molecular weight excluding hydrogens is 414 g/mol. The fourth-order valence-electron chi connectivity index (χ4n) is 4.62. The number of hydrogen-bond acceptors (Lipinski definition) is 6. The Kier molecular flexibility index (Phi) is 5.50. The molecule has 3 heterocycles. The topological polar surface area (TPSA) is 123 Å². The largest absolute Gasteiger partial charge is 0.386 e. The van der Waals surface area contributed by atoms with Crippen LogP contribution in [0.3, 0.4) is 0 Å². The molecule has 0 spiro atoms. The summed E-state index contributed by atoms with van der Waals surface area (Å²) in [4.78, 5) is 31.9. The number of benzene rings is 1. The zero-order chi connectivity index (χ0) is 22.8. The summed E-state index contributed by atoms with van der Waals surface area (Å²) in [5.74, 6) is 1.17. The molecule has 1 saturated carbocycles. The summed E-state index contributed by atoms with van der Waals surface area (Å²) in [6.45, 7) is 2.02. The monoisotopic (exact) mass is 441 g/mol. The standard InChI is InChI=1S/C25H27N7O/c26-23(31-22(33)18-6-9-21(28-14-18)32-12-1-2-13-32)25(10-3-11-25)20-7-4-17(5-8-20)19-15-29-24(27)30-16-19/h4-9,14-16H,1-3,10-13H2,(H2,26,31,33)(H2,27,29,30). The Hall–Kier alpha value is -3.81. The molecule has 8 heteroatoms. The summed E-state index contributed by atoms with van der Waals surface area (Å²) in [5.41, 5.74) is 15.0. The van der Waals surface area contributed by atoms with Gasteiger partial charge in [-0.05, 0) is 48.9 Å². The Bertz CT molecular complexity index is 1160. The fourth-order valence-corrected chi connectivity index (χ4v) is 4.62. The highest BCUT2D eigenvalue weighted by molar-refractivity contribution is 6.06. The van der Waals surface area contributed by atoms with Crippen molar-refractivity contribution in [1.29, 1.82) is 0 Å². The first-order valence-corrected chi connectivity index (χ1v) is 11.3. The number of rotatable bonds is 5. The van der Waals surface area contributed by atoms with E-state index >= 15 is 0 Å². The van der Waals surface area contributed by atoms with E-state index in [1.807, 2.05) is 30.3 Å². The Morgan fingerprint density at radius 3 is 2.15 bits per heavy atom. The van der Waals surface area contributed by atoms with Crippen molar-refractivity contribution in [2.75, 3.05) is 23.7 Å². The highest BCUT2D eigenvalue weighted by Crippen LogP contribution is 2.44. The summed E-state index contributed by atoms with van der Waals surface area (Å²) >= 11 is 0. The Balaban J connectivity index is 1.35. The van der Waals surface area contributed by atoms with E-state index in [0.29, 0.717) is 11.4 Å². The SMILES string of the molecule is NC(=NC(=O)c1ccc(N2CCCC2)nc1)C1(c2ccc(-c3cnc(N)nc3)cc2)CCC1. The highest BCUT2D eigenvalue weighted by Gasteiger charge is 2.42. The van der Waals surface area contributed by atoms with Crippen LogP contribution in [0.15, 0.2) is 60.0 Å². The Morgan fingerprint density at radius 1 is 0.879 bits per heavy atom. The Labute approximate surface area is 192 Å². The second-order valence-electron chi connectivity index (χ2n) is 8.74. The molecule has 2 aliphatic rings. The van der Waals surface area contributed by atoms with Gasteiger partial charge < -0.3 is 16.4 Å². The van der Waals surface area contributed by atoms with E-state index in [9.17, 15) is 4.79 Å². The number of aliphatic imine (C=N–C) groups is 1. The quantitative estimate of drug-likeness (QED) is 0.460. The van der Waals surface area contributed by atoms with E-state index in [1.165, 1.54) is 12.8 Å². The molecule has 0 atom stereocenters. The fraction of sp³-hybridized carbons (Fsp3) is 0.320. The first-order valence-electron chi connectivity index (χ1n) is 11.3. The molecule has 0 bridgehead atoms. The summed E-state index contributed by atoms with van der Waals surface area (Å²) in [6, 6.07) is 11.8. The van der Waals surface area contributed by atoms with Crippen LogP contribution in [0.1, 0.15) is 48.0 Å². The second-order valence-corrected chi connectivity index (χ2v) is 8.74. The first-order chi connectivity index (χ1) is 16.0. The van der Waals surface area contributed by atoms with Crippen molar-refractivity contribution in [3.8, 4) is 11.1 Å². The van der Waals surface area contributed by atoms with E-state index in [1.54, 1.807) is 24.7 Å². The molecule has 8 nitrogen and oxygen atoms in total. The number of pyridine rings is 1. The van der Waals surface area contributed by atoms with Crippen molar-refractivity contribution in [2.24, 2.45) is 10.7 Å². The number of carbonyl (C=O) groups excluding carboxylic acids is 1. The molecule has 2 fully saturated rings. The lowest BCUT2D eigenvalue weighted by molar-refractivity contribution is 0.100. The summed E-state index contributed by atoms with van der Waals surface area (Å²) < 4.78 is 0. The average Bonchev–Trinajstić information content (AvgIpc) is 3.34. The van der Waals surface area contributed by atoms with Crippen molar-refractivity contribution in [2.45, 2.75) is 37.5 Å². The van der Waals surface area contributed by atoms with E-state index < -0.39 is 5.41 Å². The predicted molar refractivity (Wildman–Crippen MR) is 129 cm³/mol. The number of amidine groups is 1. The van der Waals surface area contributed by atoms with Gasteiger partial charge in [0.1, 0.15) is 11.7 Å². The second kappa shape index (κ2) is 8.61. The average molecular weight is 442 g/mol. The third-order valence-corrected chi connectivity index (χ3v) is 6.79. The van der Waals surface area contributed by atoms with Gasteiger partial charge in [-0.3, -0.25) is 4.79 Å². The number of carbonyl (C=O) groups is 1. The number of aromatic nitrogens is 3. The van der Waals surface area contributed by atoms with Gasteiger partial charge >= 0.3 is 0 Å². The van der Waals surface area contributed by atoms with Crippen molar-refractivity contribution < 1.29 is 4.79 Å². The molecule has 1 aliphatic heterocycles. The smallest absolute Gasteiger partial charge is 0.280 e. The lowest BCUT2D eigenvalue weighted by Crippen LogP contribution is -2.47. The van der Waals surface area contributed by atoms with Gasteiger partial charge in [-0.2, -0.15) is 4.99 Å². The van der Waals surface area contributed by atoms with Gasteiger partial charge in [-0.1, -0.05) is 30.7 Å². The summed E-state index contributed by atoms with van der Waals surface area (Å²) in [7, 11) is 0. The molecule has 1 aromatic carbocycles. The molecule has 0 radical (unpaired) electrons. The van der Waals surface area contributed by atoms with Gasteiger partial charge in [0.15, 0.2) is 0 Å². The van der Waals surface area contributed by atoms with Gasteiger partial charge in [0.25, 0.3) is 5.91 Å². The number of anilines is 2. The maximum atomic E-state index is 12.8. The lowest BCUT2D eigenvalue weighted by atomic mass is 9.63. The van der Waals surface area contributed by atoms with Gasteiger partial charge in [0, 0.05) is 37.2 Å². The van der Waals surface area contributed by atoms with Crippen LogP contribution in [0, 0.1) is 0 Å². The van der Waals surface area contributed by atoms with Crippen molar-refractivity contribution in [3.63, 3.8) is 0 Å². The maximum absolute atomic E-state index is 12.8. The molecule has 2 aromatic heterocycles. The minimum atomic E-state index is -0.408. The van der Waals surface area contributed by atoms with Crippen LogP contribution in [0.2, 0.25) is 0 Å². The molecule has 1 saturated heterocycles. The Morgan fingerprint density at radius 2 is 1.58 bits per heavy atom. The van der Waals surface area contributed by atoms with E-state index in [2.05, 4.69) is 24.8 Å². The van der Waals surface area contributed by atoms with E-state index in [-0.39, 0.29) is 11.9 Å². The van der Waals surface area contributed by atoms with Crippen LogP contribution in [0.4, 0.5) is 11.8 Å². The molecule has 1 amide bonds. The zero-order valence-electron chi connectivity index (χ0n) is 18.4. The predicted octanol–water partition coefficient (Wildman–Crippen LogP) is 3.34. The number of amides is 1. The number of hydrogen-bond donors (Lipinski definition) is 2. The van der Waals surface area contributed by atoms with Crippen LogP contribution in [-0.2, 0) is 5.41 Å². The van der Waals surface area contributed by atoms with Gasteiger partial charge in [0.2, 0.25) is 5.95 Å². The van der Waals surface area contributed by atoms with Crippen LogP contribution in [0.25, 0.3) is 11.1 Å². The summed E-state index contributed by atoms with van der Waals surface area (Å²) in [6.07, 6.45) is 10.1. The summed E-state index contributed by atoms with van der Waals surface area (Å²) in [5, 5.41) is 0. The van der Waals surface area contributed by atoms with E-state index in [0.717, 1.165) is 54.9 Å². The van der Waals surface area contributed by atoms with Crippen LogP contribution in [-0.4, -0.2) is 39.8 Å². The number of nitrogens with zero attached hydrogens (tertiary/aromatic N) is 5. The number of nitrogens with two attached hydrogens (primary N) is 2. The third kappa shape index (κ3) is 4.04. The minimum Gasteiger partial charge on any atom is -0.386 e. The van der Waals surface area contributed by atoms with Crippen LogP contribution in [0.5, 0.6) is 0 Å². The number of nitrogen functional groups attached to an aromatic ring is 1. The normalized spacial score (nSPS) is 17.6. The van der Waals surface area contributed by atoms with Crippen molar-refractivity contribution >= 4 is 23.5 Å². The zero-order valence-corrected chi connectivity index (χ0v) is 18.4. The van der Waals surface area contributed by atoms with Crippen LogP contribution < -0.4 is 16.4 Å². The lowest BCUT2D eigenvalue weighted by Gasteiger charge is -2.41. The molecule has 33 heavy (non-hydrogen) atoms.